The quantitative estimate of drug-likeness (QED) is 0.759. The fourth-order valence-corrected chi connectivity index (χ4v) is 1.66. The van der Waals surface area contributed by atoms with Gasteiger partial charge >= 0.3 is 0 Å². The number of carbonyl (C=O) groups is 1. The Morgan fingerprint density at radius 2 is 2.16 bits per heavy atom. The molecule has 1 unspecified atom stereocenters. The van der Waals surface area contributed by atoms with Crippen molar-refractivity contribution >= 4 is 11.6 Å². The van der Waals surface area contributed by atoms with Crippen LogP contribution in [0.2, 0.25) is 0 Å². The van der Waals surface area contributed by atoms with Crippen molar-refractivity contribution in [3.63, 3.8) is 0 Å². The molecule has 0 aromatic heterocycles. The van der Waals surface area contributed by atoms with E-state index in [9.17, 15) is 9.18 Å². The normalized spacial score (nSPS) is 12.2. The van der Waals surface area contributed by atoms with E-state index in [4.69, 9.17) is 15.2 Å². The molecule has 0 aliphatic rings. The molecule has 0 spiro atoms. The third-order valence-electron chi connectivity index (χ3n) is 2.70. The van der Waals surface area contributed by atoms with Crippen molar-refractivity contribution in [2.45, 2.75) is 13.0 Å². The van der Waals surface area contributed by atoms with E-state index >= 15 is 0 Å². The first kappa shape index (κ1) is 15.4. The minimum Gasteiger partial charge on any atom is -0.399 e. The van der Waals surface area contributed by atoms with Crippen LogP contribution in [0.4, 0.5) is 10.1 Å². The number of carbonyl (C=O) groups excluding carboxylic acids is 1. The molecule has 6 heteroatoms. The summed E-state index contributed by atoms with van der Waals surface area (Å²) in [5.74, 6) is -1.08. The van der Waals surface area contributed by atoms with Crippen molar-refractivity contribution in [2.24, 2.45) is 0 Å². The molecule has 1 rings (SSSR count). The molecule has 19 heavy (non-hydrogen) atoms. The Morgan fingerprint density at radius 3 is 2.74 bits per heavy atom. The van der Waals surface area contributed by atoms with Gasteiger partial charge in [-0.3, -0.25) is 4.79 Å². The number of aryl methyl sites for hydroxylation is 1. The molecule has 0 aliphatic heterocycles. The first-order valence-corrected chi connectivity index (χ1v) is 5.85. The maximum Gasteiger partial charge on any atom is 0.254 e. The number of amides is 1. The molecular formula is C13H19FN2O3. The van der Waals surface area contributed by atoms with Gasteiger partial charge in [0.15, 0.2) is 0 Å². The second-order valence-corrected chi connectivity index (χ2v) is 4.22. The average Bonchev–Trinajstić information content (AvgIpc) is 2.38. The fraction of sp³-hybridized carbons (Fsp3) is 0.462. The van der Waals surface area contributed by atoms with Crippen LogP contribution >= 0.6 is 0 Å². The van der Waals surface area contributed by atoms with E-state index < -0.39 is 11.7 Å². The molecule has 1 amide bonds. The van der Waals surface area contributed by atoms with Gasteiger partial charge in [0.25, 0.3) is 5.91 Å². The zero-order valence-corrected chi connectivity index (χ0v) is 11.3. The second kappa shape index (κ2) is 7.06. The van der Waals surface area contributed by atoms with Crippen LogP contribution in [0.5, 0.6) is 0 Å². The number of halogens is 1. The highest BCUT2D eigenvalue weighted by molar-refractivity contribution is 5.95. The minimum absolute atomic E-state index is 0.0650. The van der Waals surface area contributed by atoms with Gasteiger partial charge in [0.1, 0.15) is 5.82 Å². The van der Waals surface area contributed by atoms with Crippen LogP contribution in [0.3, 0.4) is 0 Å². The summed E-state index contributed by atoms with van der Waals surface area (Å²) in [6, 6.07) is 2.80. The Kier molecular flexibility index (Phi) is 5.72. The van der Waals surface area contributed by atoms with Crippen molar-refractivity contribution in [1.29, 1.82) is 0 Å². The first-order valence-electron chi connectivity index (χ1n) is 5.85. The average molecular weight is 270 g/mol. The van der Waals surface area contributed by atoms with Crippen molar-refractivity contribution in [3.8, 4) is 0 Å². The lowest BCUT2D eigenvalue weighted by atomic mass is 10.1. The fourth-order valence-electron chi connectivity index (χ4n) is 1.66. The Labute approximate surface area is 111 Å². The maximum atomic E-state index is 13.8. The number of rotatable bonds is 6. The molecule has 3 N–H and O–H groups in total. The van der Waals surface area contributed by atoms with E-state index in [0.717, 1.165) is 0 Å². The van der Waals surface area contributed by atoms with Crippen molar-refractivity contribution < 1.29 is 18.7 Å². The first-order chi connectivity index (χ1) is 8.99. The molecule has 0 radical (unpaired) electrons. The van der Waals surface area contributed by atoms with Gasteiger partial charge in [-0.2, -0.15) is 0 Å². The molecule has 1 aromatic carbocycles. The molecular weight excluding hydrogens is 251 g/mol. The Morgan fingerprint density at radius 1 is 1.47 bits per heavy atom. The zero-order chi connectivity index (χ0) is 14.4. The van der Waals surface area contributed by atoms with E-state index in [2.05, 4.69) is 5.32 Å². The molecule has 0 bridgehead atoms. The van der Waals surface area contributed by atoms with Gasteiger partial charge in [-0.1, -0.05) is 0 Å². The van der Waals surface area contributed by atoms with E-state index in [0.29, 0.717) is 17.9 Å². The van der Waals surface area contributed by atoms with Crippen LogP contribution in [0.25, 0.3) is 0 Å². The number of nitrogens with two attached hydrogens (primary N) is 1. The van der Waals surface area contributed by atoms with E-state index in [1.807, 2.05) is 0 Å². The van der Waals surface area contributed by atoms with E-state index in [1.165, 1.54) is 26.4 Å². The lowest BCUT2D eigenvalue weighted by Crippen LogP contribution is -2.36. The molecule has 1 atom stereocenters. The molecule has 5 nitrogen and oxygen atoms in total. The number of ether oxygens (including phenoxy) is 2. The molecule has 1 aromatic rings. The number of nitrogen functional groups attached to an aromatic ring is 1. The number of nitrogens with one attached hydrogen (secondary N) is 1. The van der Waals surface area contributed by atoms with Crippen LogP contribution in [0.15, 0.2) is 12.1 Å². The number of anilines is 1. The summed E-state index contributed by atoms with van der Waals surface area (Å²) < 4.78 is 23.8. The largest absolute Gasteiger partial charge is 0.399 e. The molecule has 0 saturated carbocycles. The Balaban J connectivity index is 2.73. The predicted octanol–water partition coefficient (Wildman–Crippen LogP) is 1.11. The highest BCUT2D eigenvalue weighted by Gasteiger charge is 2.16. The minimum atomic E-state index is -0.563. The smallest absolute Gasteiger partial charge is 0.254 e. The van der Waals surface area contributed by atoms with Crippen molar-refractivity contribution in [2.75, 3.05) is 33.1 Å². The lowest BCUT2D eigenvalue weighted by molar-refractivity contribution is 0.0285. The summed E-state index contributed by atoms with van der Waals surface area (Å²) in [6.45, 7) is 2.14. The topological polar surface area (TPSA) is 73.6 Å². The van der Waals surface area contributed by atoms with Crippen molar-refractivity contribution in [3.05, 3.63) is 29.1 Å². The summed E-state index contributed by atoms with van der Waals surface area (Å²) >= 11 is 0. The summed E-state index contributed by atoms with van der Waals surface area (Å²) in [6.07, 6.45) is -0.279. The monoisotopic (exact) mass is 270 g/mol. The van der Waals surface area contributed by atoms with Gasteiger partial charge in [-0.05, 0) is 24.6 Å². The van der Waals surface area contributed by atoms with Gasteiger partial charge in [-0.15, -0.1) is 0 Å². The summed E-state index contributed by atoms with van der Waals surface area (Å²) in [5.41, 5.74) is 6.23. The van der Waals surface area contributed by atoms with Gasteiger partial charge in [0.2, 0.25) is 0 Å². The van der Waals surface area contributed by atoms with Crippen LogP contribution in [-0.2, 0) is 9.47 Å². The highest BCUT2D eigenvalue weighted by Crippen LogP contribution is 2.16. The lowest BCUT2D eigenvalue weighted by Gasteiger charge is -2.15. The molecule has 0 saturated heterocycles. The van der Waals surface area contributed by atoms with Crippen LogP contribution in [-0.4, -0.2) is 39.4 Å². The van der Waals surface area contributed by atoms with Crippen LogP contribution < -0.4 is 11.1 Å². The van der Waals surface area contributed by atoms with Crippen LogP contribution in [0, 0.1) is 12.7 Å². The second-order valence-electron chi connectivity index (χ2n) is 4.22. The molecule has 0 fully saturated rings. The summed E-state index contributed by atoms with van der Waals surface area (Å²) in [4.78, 5) is 11.9. The van der Waals surface area contributed by atoms with E-state index in [-0.39, 0.29) is 18.2 Å². The highest BCUT2D eigenvalue weighted by atomic mass is 19.1. The molecule has 106 valence electrons. The summed E-state index contributed by atoms with van der Waals surface area (Å²) in [7, 11) is 3.05. The number of methoxy groups -OCH3 is 2. The number of benzene rings is 1. The SMILES string of the molecule is COCC(CNC(=O)c1cc(N)cc(C)c1F)OC. The molecule has 0 heterocycles. The third kappa shape index (κ3) is 4.18. The van der Waals surface area contributed by atoms with Gasteiger partial charge in [0.05, 0.1) is 18.3 Å². The Hall–Kier alpha value is -1.66. The standard InChI is InChI=1S/C13H19FN2O3/c1-8-4-9(15)5-11(12(8)14)13(17)16-6-10(19-3)7-18-2/h4-5,10H,6-7,15H2,1-3H3,(H,16,17). The number of hydrogen-bond donors (Lipinski definition) is 2. The zero-order valence-electron chi connectivity index (χ0n) is 11.3. The van der Waals surface area contributed by atoms with E-state index in [1.54, 1.807) is 6.92 Å². The van der Waals surface area contributed by atoms with Crippen LogP contribution in [0.1, 0.15) is 15.9 Å². The molecule has 0 aliphatic carbocycles. The third-order valence-corrected chi connectivity index (χ3v) is 2.70. The van der Waals surface area contributed by atoms with Gasteiger partial charge in [0, 0.05) is 26.5 Å². The van der Waals surface area contributed by atoms with Gasteiger partial charge in [-0.25, -0.2) is 4.39 Å². The summed E-state index contributed by atoms with van der Waals surface area (Å²) in [5, 5.41) is 2.59. The number of hydrogen-bond acceptors (Lipinski definition) is 4. The Bertz CT molecular complexity index is 452. The van der Waals surface area contributed by atoms with Crippen molar-refractivity contribution in [1.82, 2.24) is 5.32 Å². The predicted molar refractivity (Wildman–Crippen MR) is 70.6 cm³/mol. The maximum absolute atomic E-state index is 13.8. The van der Waals surface area contributed by atoms with Gasteiger partial charge < -0.3 is 20.5 Å².